The first-order valence-corrected chi connectivity index (χ1v) is 10.2. The molecule has 0 spiro atoms. The molecule has 0 saturated heterocycles. The summed E-state index contributed by atoms with van der Waals surface area (Å²) in [5.74, 6) is 1.09. The van der Waals surface area contributed by atoms with Gasteiger partial charge in [0.25, 0.3) is 5.69 Å². The zero-order valence-corrected chi connectivity index (χ0v) is 17.0. The SMILES string of the molecule is COc1ccc(-c2nn(CCNS(=O)(=O)c3cccc([N+](=O)[O-])c3)c(=O)n2C)cc1. The van der Waals surface area contributed by atoms with Crippen LogP contribution in [0.15, 0.2) is 58.2 Å². The van der Waals surface area contributed by atoms with Crippen molar-refractivity contribution in [2.24, 2.45) is 7.05 Å². The minimum atomic E-state index is -3.98. The van der Waals surface area contributed by atoms with Crippen molar-refractivity contribution >= 4 is 15.7 Å². The summed E-state index contributed by atoms with van der Waals surface area (Å²) >= 11 is 0. The molecular weight excluding hydrogens is 414 g/mol. The Hall–Kier alpha value is -3.51. The lowest BCUT2D eigenvalue weighted by molar-refractivity contribution is -0.385. The standard InChI is InChI=1S/C18H19N5O6S/c1-21-17(13-6-8-15(29-2)9-7-13)20-22(18(21)24)11-10-19-30(27,28)16-5-3-4-14(12-16)23(25)26/h3-9,12,19H,10-11H2,1-2H3. The number of aromatic nitrogens is 3. The van der Waals surface area contributed by atoms with Gasteiger partial charge in [-0.3, -0.25) is 14.7 Å². The number of hydrogen-bond acceptors (Lipinski definition) is 7. The van der Waals surface area contributed by atoms with Gasteiger partial charge in [-0.25, -0.2) is 22.6 Å². The Morgan fingerprint density at radius 2 is 1.90 bits per heavy atom. The van der Waals surface area contributed by atoms with Gasteiger partial charge >= 0.3 is 5.69 Å². The maximum atomic E-state index is 12.4. The molecule has 0 unspecified atom stereocenters. The van der Waals surface area contributed by atoms with Crippen molar-refractivity contribution in [3.63, 3.8) is 0 Å². The average molecular weight is 433 g/mol. The Kier molecular flexibility index (Phi) is 5.99. The van der Waals surface area contributed by atoms with E-state index in [0.717, 1.165) is 10.7 Å². The van der Waals surface area contributed by atoms with E-state index >= 15 is 0 Å². The number of sulfonamides is 1. The molecule has 12 heteroatoms. The number of nitrogens with one attached hydrogen (secondary N) is 1. The van der Waals surface area contributed by atoms with Gasteiger partial charge in [0.15, 0.2) is 5.82 Å². The largest absolute Gasteiger partial charge is 0.497 e. The van der Waals surface area contributed by atoms with E-state index < -0.39 is 20.6 Å². The summed E-state index contributed by atoms with van der Waals surface area (Å²) in [5, 5.41) is 15.1. The smallest absolute Gasteiger partial charge is 0.345 e. The van der Waals surface area contributed by atoms with Gasteiger partial charge in [-0.15, -0.1) is 5.10 Å². The van der Waals surface area contributed by atoms with Crippen LogP contribution in [0.5, 0.6) is 5.75 Å². The molecular formula is C18H19N5O6S. The first-order valence-electron chi connectivity index (χ1n) is 8.75. The third-order valence-corrected chi connectivity index (χ3v) is 5.80. The molecule has 0 amide bonds. The molecule has 0 fully saturated rings. The van der Waals surface area contributed by atoms with Crippen LogP contribution in [0.1, 0.15) is 0 Å². The van der Waals surface area contributed by atoms with Crippen molar-refractivity contribution in [3.05, 3.63) is 69.1 Å². The van der Waals surface area contributed by atoms with Crippen LogP contribution in [0.2, 0.25) is 0 Å². The van der Waals surface area contributed by atoms with Gasteiger partial charge in [0.2, 0.25) is 10.0 Å². The van der Waals surface area contributed by atoms with Gasteiger partial charge < -0.3 is 4.74 Å². The number of methoxy groups -OCH3 is 1. The lowest BCUT2D eigenvalue weighted by Gasteiger charge is -2.06. The molecule has 3 aromatic rings. The van der Waals surface area contributed by atoms with Crippen LogP contribution in [-0.4, -0.2) is 41.3 Å². The Morgan fingerprint density at radius 3 is 2.53 bits per heavy atom. The highest BCUT2D eigenvalue weighted by Gasteiger charge is 2.18. The number of nitrogens with zero attached hydrogens (tertiary/aromatic N) is 4. The average Bonchev–Trinajstić information content (AvgIpc) is 3.02. The quantitative estimate of drug-likeness (QED) is 0.415. The van der Waals surface area contributed by atoms with E-state index in [0.29, 0.717) is 17.1 Å². The molecule has 0 radical (unpaired) electrons. The van der Waals surface area contributed by atoms with E-state index in [4.69, 9.17) is 4.74 Å². The normalized spacial score (nSPS) is 11.4. The van der Waals surface area contributed by atoms with Crippen molar-refractivity contribution in [2.45, 2.75) is 11.4 Å². The summed E-state index contributed by atoms with van der Waals surface area (Å²) in [7, 11) is -0.863. The second-order valence-electron chi connectivity index (χ2n) is 6.27. The van der Waals surface area contributed by atoms with Crippen LogP contribution in [-0.2, 0) is 23.6 Å². The second-order valence-corrected chi connectivity index (χ2v) is 8.04. The van der Waals surface area contributed by atoms with Crippen molar-refractivity contribution in [1.82, 2.24) is 19.1 Å². The Bertz CT molecular complexity index is 1230. The highest BCUT2D eigenvalue weighted by molar-refractivity contribution is 7.89. The third-order valence-electron chi connectivity index (χ3n) is 4.34. The highest BCUT2D eigenvalue weighted by Crippen LogP contribution is 2.19. The van der Waals surface area contributed by atoms with Crippen molar-refractivity contribution < 1.29 is 18.1 Å². The van der Waals surface area contributed by atoms with E-state index in [1.165, 1.54) is 22.8 Å². The third kappa shape index (κ3) is 4.39. The van der Waals surface area contributed by atoms with Gasteiger partial charge in [-0.1, -0.05) is 6.07 Å². The Balaban J connectivity index is 1.74. The molecule has 30 heavy (non-hydrogen) atoms. The summed E-state index contributed by atoms with van der Waals surface area (Å²) in [6.07, 6.45) is 0. The van der Waals surface area contributed by atoms with Crippen molar-refractivity contribution in [2.75, 3.05) is 13.7 Å². The molecule has 0 aliphatic rings. The van der Waals surface area contributed by atoms with Crippen LogP contribution in [0, 0.1) is 10.1 Å². The summed E-state index contributed by atoms with van der Waals surface area (Å²) in [4.78, 5) is 22.4. The maximum absolute atomic E-state index is 12.4. The number of benzene rings is 2. The fraction of sp³-hybridized carbons (Fsp3) is 0.222. The molecule has 2 aromatic carbocycles. The Morgan fingerprint density at radius 1 is 1.20 bits per heavy atom. The molecule has 3 rings (SSSR count). The van der Waals surface area contributed by atoms with E-state index in [9.17, 15) is 23.3 Å². The van der Waals surface area contributed by atoms with Crippen molar-refractivity contribution in [1.29, 1.82) is 0 Å². The second kappa shape index (κ2) is 8.47. The van der Waals surface area contributed by atoms with Gasteiger partial charge in [0.05, 0.1) is 23.5 Å². The molecule has 11 nitrogen and oxygen atoms in total. The van der Waals surface area contributed by atoms with Crippen LogP contribution < -0.4 is 15.1 Å². The number of nitro benzene ring substituents is 1. The number of rotatable bonds is 8. The summed E-state index contributed by atoms with van der Waals surface area (Å²) in [6, 6.07) is 11.7. The van der Waals surface area contributed by atoms with Crippen LogP contribution in [0.4, 0.5) is 5.69 Å². The van der Waals surface area contributed by atoms with E-state index in [1.54, 1.807) is 38.4 Å². The predicted octanol–water partition coefficient (Wildman–Crippen LogP) is 1.14. The fourth-order valence-corrected chi connectivity index (χ4v) is 3.82. The van der Waals surface area contributed by atoms with Crippen molar-refractivity contribution in [3.8, 4) is 17.1 Å². The number of nitro groups is 1. The van der Waals surface area contributed by atoms with Gasteiger partial charge in [-0.05, 0) is 30.3 Å². The first-order chi connectivity index (χ1) is 14.2. The summed E-state index contributed by atoms with van der Waals surface area (Å²) < 4.78 is 34.7. The zero-order chi connectivity index (χ0) is 21.9. The molecule has 0 aliphatic carbocycles. The van der Waals surface area contributed by atoms with Gasteiger partial charge in [-0.2, -0.15) is 0 Å². The number of hydrogen-bond donors (Lipinski definition) is 1. The van der Waals surface area contributed by atoms with Gasteiger partial charge in [0, 0.05) is 31.3 Å². The monoisotopic (exact) mass is 433 g/mol. The number of ether oxygens (including phenoxy) is 1. The molecule has 0 aliphatic heterocycles. The molecule has 1 aromatic heterocycles. The lowest BCUT2D eigenvalue weighted by atomic mass is 10.2. The topological polar surface area (TPSA) is 138 Å². The minimum absolute atomic E-state index is 0.0169. The minimum Gasteiger partial charge on any atom is -0.497 e. The summed E-state index contributed by atoms with van der Waals surface area (Å²) in [5.41, 5.74) is -0.0374. The molecule has 0 atom stereocenters. The van der Waals surface area contributed by atoms with E-state index in [-0.39, 0.29) is 23.7 Å². The van der Waals surface area contributed by atoms with Crippen LogP contribution in [0.25, 0.3) is 11.4 Å². The molecule has 158 valence electrons. The molecule has 0 bridgehead atoms. The van der Waals surface area contributed by atoms with Crippen LogP contribution >= 0.6 is 0 Å². The highest BCUT2D eigenvalue weighted by atomic mass is 32.2. The van der Waals surface area contributed by atoms with E-state index in [1.807, 2.05) is 0 Å². The zero-order valence-electron chi connectivity index (χ0n) is 16.2. The lowest BCUT2D eigenvalue weighted by Crippen LogP contribution is -2.31. The summed E-state index contributed by atoms with van der Waals surface area (Å²) in [6.45, 7) is -0.138. The van der Waals surface area contributed by atoms with Gasteiger partial charge in [0.1, 0.15) is 5.75 Å². The fourth-order valence-electron chi connectivity index (χ4n) is 2.76. The first kappa shape index (κ1) is 21.2. The predicted molar refractivity (Wildman–Crippen MR) is 108 cm³/mol. The maximum Gasteiger partial charge on any atom is 0.345 e. The number of non-ortho nitro benzene ring substituents is 1. The molecule has 1 heterocycles. The molecule has 1 N–H and O–H groups in total. The van der Waals surface area contributed by atoms with E-state index in [2.05, 4.69) is 9.82 Å². The van der Waals surface area contributed by atoms with Crippen LogP contribution in [0.3, 0.4) is 0 Å². The molecule has 0 saturated carbocycles. The Labute approximate surface area is 171 Å².